The Labute approximate surface area is 131 Å². The van der Waals surface area contributed by atoms with Crippen LogP contribution < -0.4 is 4.72 Å². The maximum absolute atomic E-state index is 12.1. The molecule has 0 aromatic heterocycles. The number of aromatic carboxylic acids is 1. The molecular weight excluding hydrogens is 366 g/mol. The van der Waals surface area contributed by atoms with Crippen LogP contribution in [0.15, 0.2) is 27.6 Å². The van der Waals surface area contributed by atoms with Crippen molar-refractivity contribution < 1.29 is 18.3 Å². The molecule has 0 aliphatic heterocycles. The molecule has 1 aromatic carbocycles. The molecule has 0 radical (unpaired) electrons. The lowest BCUT2D eigenvalue weighted by Gasteiger charge is -2.09. The van der Waals surface area contributed by atoms with Crippen molar-refractivity contribution in [1.82, 2.24) is 4.72 Å². The van der Waals surface area contributed by atoms with Gasteiger partial charge in [-0.3, -0.25) is 0 Å². The maximum Gasteiger partial charge on any atom is 0.335 e. The molecule has 1 rings (SSSR count). The zero-order chi connectivity index (χ0) is 15.2. The van der Waals surface area contributed by atoms with E-state index in [4.69, 9.17) is 5.11 Å². The number of rotatable bonds is 8. The maximum atomic E-state index is 12.1. The minimum Gasteiger partial charge on any atom is -0.478 e. The molecule has 0 saturated carbocycles. The van der Waals surface area contributed by atoms with Crippen LogP contribution in [-0.2, 0) is 10.0 Å². The van der Waals surface area contributed by atoms with E-state index in [9.17, 15) is 13.2 Å². The second-order valence-electron chi connectivity index (χ2n) is 4.05. The molecule has 0 unspecified atom stereocenters. The number of halogens is 1. The highest BCUT2D eigenvalue weighted by molar-refractivity contribution is 9.10. The largest absolute Gasteiger partial charge is 0.478 e. The van der Waals surface area contributed by atoms with Gasteiger partial charge in [0.25, 0.3) is 0 Å². The average Bonchev–Trinajstić information content (AvgIpc) is 2.38. The van der Waals surface area contributed by atoms with Gasteiger partial charge in [0.15, 0.2) is 0 Å². The molecule has 0 heterocycles. The van der Waals surface area contributed by atoms with Crippen LogP contribution in [0.5, 0.6) is 0 Å². The predicted octanol–water partition coefficient (Wildman–Crippen LogP) is 2.57. The SMILES string of the molecule is CSCCCCNS(=O)(=O)c1cc(C(=O)O)ccc1Br. The summed E-state index contributed by atoms with van der Waals surface area (Å²) in [6.45, 7) is 0.340. The number of carboxylic acid groups (broad SMARTS) is 1. The summed E-state index contributed by atoms with van der Waals surface area (Å²) in [5.74, 6) is -0.172. The standard InChI is InChI=1S/C12H16BrNO4S2/c1-19-7-3-2-6-14-20(17,18)11-8-9(12(15)16)4-5-10(11)13/h4-5,8,14H,2-3,6-7H2,1H3,(H,15,16). The predicted molar refractivity (Wildman–Crippen MR) is 83.9 cm³/mol. The number of unbranched alkanes of at least 4 members (excludes halogenated alkanes) is 1. The average molecular weight is 382 g/mol. The van der Waals surface area contributed by atoms with Crippen molar-refractivity contribution in [1.29, 1.82) is 0 Å². The summed E-state index contributed by atoms with van der Waals surface area (Å²) < 4.78 is 27.1. The molecule has 0 aliphatic carbocycles. The van der Waals surface area contributed by atoms with E-state index in [1.165, 1.54) is 12.1 Å². The first-order valence-corrected chi connectivity index (χ1v) is 9.57. The van der Waals surface area contributed by atoms with Crippen LogP contribution in [0.2, 0.25) is 0 Å². The molecule has 0 saturated heterocycles. The van der Waals surface area contributed by atoms with Crippen molar-refractivity contribution >= 4 is 43.7 Å². The first-order valence-electron chi connectivity index (χ1n) is 5.90. The molecule has 2 N–H and O–H groups in total. The van der Waals surface area contributed by atoms with E-state index in [1.807, 2.05) is 6.26 Å². The Balaban J connectivity index is 2.81. The normalized spacial score (nSPS) is 11.5. The highest BCUT2D eigenvalue weighted by Gasteiger charge is 2.19. The fraction of sp³-hybridized carbons (Fsp3) is 0.417. The lowest BCUT2D eigenvalue weighted by molar-refractivity contribution is 0.0696. The monoisotopic (exact) mass is 381 g/mol. The van der Waals surface area contributed by atoms with Crippen LogP contribution in [0.25, 0.3) is 0 Å². The van der Waals surface area contributed by atoms with Crippen molar-refractivity contribution in [2.45, 2.75) is 17.7 Å². The van der Waals surface area contributed by atoms with Crippen molar-refractivity contribution in [3.05, 3.63) is 28.2 Å². The summed E-state index contributed by atoms with van der Waals surface area (Å²) in [6.07, 6.45) is 3.68. The lowest BCUT2D eigenvalue weighted by atomic mass is 10.2. The molecule has 8 heteroatoms. The van der Waals surface area contributed by atoms with Gasteiger partial charge in [-0.1, -0.05) is 0 Å². The zero-order valence-electron chi connectivity index (χ0n) is 10.9. The van der Waals surface area contributed by atoms with E-state index in [-0.39, 0.29) is 10.5 Å². The van der Waals surface area contributed by atoms with E-state index in [1.54, 1.807) is 11.8 Å². The number of nitrogens with one attached hydrogen (secondary N) is 1. The van der Waals surface area contributed by atoms with E-state index >= 15 is 0 Å². The molecule has 0 atom stereocenters. The molecule has 112 valence electrons. The van der Waals surface area contributed by atoms with Crippen molar-refractivity contribution in [3.63, 3.8) is 0 Å². The number of sulfonamides is 1. The van der Waals surface area contributed by atoms with Crippen molar-refractivity contribution in [2.24, 2.45) is 0 Å². The highest BCUT2D eigenvalue weighted by Crippen LogP contribution is 2.23. The van der Waals surface area contributed by atoms with E-state index < -0.39 is 16.0 Å². The third-order valence-corrected chi connectivity index (χ3v) is 5.69. The van der Waals surface area contributed by atoms with Gasteiger partial charge in [-0.2, -0.15) is 11.8 Å². The summed E-state index contributed by atoms with van der Waals surface area (Å²) >= 11 is 4.85. The number of hydrogen-bond acceptors (Lipinski definition) is 4. The highest BCUT2D eigenvalue weighted by atomic mass is 79.9. The molecule has 5 nitrogen and oxygen atoms in total. The molecule has 0 spiro atoms. The van der Waals surface area contributed by atoms with Gasteiger partial charge < -0.3 is 5.11 Å². The van der Waals surface area contributed by atoms with E-state index in [0.29, 0.717) is 11.0 Å². The summed E-state index contributed by atoms with van der Waals surface area (Å²) in [5.41, 5.74) is -0.0593. The Morgan fingerprint density at radius 3 is 2.70 bits per heavy atom. The van der Waals surface area contributed by atoms with Gasteiger partial charge in [-0.25, -0.2) is 17.9 Å². The topological polar surface area (TPSA) is 83.5 Å². The second kappa shape index (κ2) is 8.02. The first kappa shape index (κ1) is 17.5. The van der Waals surface area contributed by atoms with Crippen LogP contribution in [-0.4, -0.2) is 38.0 Å². The fourth-order valence-corrected chi connectivity index (χ4v) is 4.05. The number of carbonyl (C=O) groups is 1. The third kappa shape index (κ3) is 5.08. The van der Waals surface area contributed by atoms with Crippen LogP contribution in [0.4, 0.5) is 0 Å². The van der Waals surface area contributed by atoms with Gasteiger partial charge in [0.2, 0.25) is 10.0 Å². The van der Waals surface area contributed by atoms with Crippen LogP contribution in [0.3, 0.4) is 0 Å². The molecular formula is C12H16BrNO4S2. The quantitative estimate of drug-likeness (QED) is 0.676. The Bertz CT molecular complexity index is 575. The molecule has 20 heavy (non-hydrogen) atoms. The van der Waals surface area contributed by atoms with Crippen molar-refractivity contribution in [3.8, 4) is 0 Å². The Kier molecular flexibility index (Phi) is 7.01. The lowest BCUT2D eigenvalue weighted by Crippen LogP contribution is -2.25. The molecule has 0 aliphatic rings. The smallest absolute Gasteiger partial charge is 0.335 e. The summed E-state index contributed by atoms with van der Waals surface area (Å²) in [6, 6.07) is 3.92. The van der Waals surface area contributed by atoms with Crippen LogP contribution >= 0.6 is 27.7 Å². The molecule has 0 fully saturated rings. The minimum atomic E-state index is -3.70. The van der Waals surface area contributed by atoms with Gasteiger partial charge in [0, 0.05) is 11.0 Å². The number of benzene rings is 1. The number of carboxylic acids is 1. The summed E-state index contributed by atoms with van der Waals surface area (Å²) in [7, 11) is -3.70. The second-order valence-corrected chi connectivity index (χ2v) is 7.62. The van der Waals surface area contributed by atoms with E-state index in [0.717, 1.165) is 24.7 Å². The van der Waals surface area contributed by atoms with Crippen LogP contribution in [0, 0.1) is 0 Å². The van der Waals surface area contributed by atoms with Gasteiger partial charge in [0.05, 0.1) is 10.5 Å². The number of thioether (sulfide) groups is 1. The minimum absolute atomic E-state index is 0.0535. The zero-order valence-corrected chi connectivity index (χ0v) is 14.1. The Morgan fingerprint density at radius 1 is 1.40 bits per heavy atom. The summed E-state index contributed by atoms with van der Waals surface area (Å²) in [4.78, 5) is 10.8. The molecule has 0 amide bonds. The molecule has 0 bridgehead atoms. The Hall–Kier alpha value is -0.570. The fourth-order valence-electron chi connectivity index (χ4n) is 1.50. The summed E-state index contributed by atoms with van der Waals surface area (Å²) in [5, 5.41) is 8.91. The van der Waals surface area contributed by atoms with Crippen molar-refractivity contribution in [2.75, 3.05) is 18.6 Å². The van der Waals surface area contributed by atoms with Gasteiger partial charge in [-0.15, -0.1) is 0 Å². The van der Waals surface area contributed by atoms with Gasteiger partial charge >= 0.3 is 5.97 Å². The number of hydrogen-bond donors (Lipinski definition) is 2. The van der Waals surface area contributed by atoms with Gasteiger partial charge in [-0.05, 0) is 59.0 Å². The first-order chi connectivity index (χ1) is 9.38. The Morgan fingerprint density at radius 2 is 2.10 bits per heavy atom. The van der Waals surface area contributed by atoms with E-state index in [2.05, 4.69) is 20.7 Å². The van der Waals surface area contributed by atoms with Crippen LogP contribution in [0.1, 0.15) is 23.2 Å². The molecule has 1 aromatic rings. The third-order valence-electron chi connectivity index (χ3n) is 2.53. The van der Waals surface area contributed by atoms with Gasteiger partial charge in [0.1, 0.15) is 0 Å².